The van der Waals surface area contributed by atoms with Gasteiger partial charge < -0.3 is 51.4 Å². The number of carbonyl (C=O) groups excluding carboxylic acids is 4. The lowest BCUT2D eigenvalue weighted by Gasteiger charge is -2.45. The first kappa shape index (κ1) is 32.7. The van der Waals surface area contributed by atoms with Crippen molar-refractivity contribution in [3.05, 3.63) is 0 Å². The molecule has 8 N–H and O–H groups in total. The summed E-state index contributed by atoms with van der Waals surface area (Å²) < 4.78 is 33.2. The molecule has 0 aromatic heterocycles. The van der Waals surface area contributed by atoms with Crippen LogP contribution in [0.25, 0.3) is 0 Å². The average Bonchev–Trinajstić information content (AvgIpc) is 2.71. The predicted octanol–water partition coefficient (Wildman–Crippen LogP) is -1.41. The van der Waals surface area contributed by atoms with Crippen LogP contribution < -0.4 is 22.9 Å². The third kappa shape index (κ3) is 9.16. The maximum absolute atomic E-state index is 12.8. The Balaban J connectivity index is 3.58. The van der Waals surface area contributed by atoms with E-state index in [-0.39, 0.29) is 0 Å². The number of nitrogens with two attached hydrogens (primary N) is 4. The molecule has 1 aliphatic heterocycles. The highest BCUT2D eigenvalue weighted by molar-refractivity contribution is 5.82. The summed E-state index contributed by atoms with van der Waals surface area (Å²) >= 11 is 0. The predicted molar refractivity (Wildman–Crippen MR) is 129 cm³/mol. The van der Waals surface area contributed by atoms with Gasteiger partial charge in [0.25, 0.3) is 0 Å². The quantitative estimate of drug-likeness (QED) is 0.186. The van der Waals surface area contributed by atoms with Crippen molar-refractivity contribution in [2.75, 3.05) is 13.7 Å². The Morgan fingerprint density at radius 3 is 1.32 bits per heavy atom. The molecule has 37 heavy (non-hydrogen) atoms. The van der Waals surface area contributed by atoms with E-state index in [1.807, 2.05) is 0 Å². The Labute approximate surface area is 216 Å². The van der Waals surface area contributed by atoms with Crippen LogP contribution in [0.15, 0.2) is 0 Å². The van der Waals surface area contributed by atoms with E-state index in [1.165, 1.54) is 62.5 Å². The Morgan fingerprint density at radius 1 is 0.622 bits per heavy atom. The van der Waals surface area contributed by atoms with Crippen molar-refractivity contribution in [2.45, 2.75) is 108 Å². The minimum atomic E-state index is -1.53. The van der Waals surface area contributed by atoms with Crippen LogP contribution in [-0.2, 0) is 47.6 Å². The number of esters is 4. The van der Waals surface area contributed by atoms with E-state index in [4.69, 9.17) is 51.4 Å². The normalized spacial score (nSPS) is 25.2. The third-order valence-electron chi connectivity index (χ3n) is 5.04. The summed E-state index contributed by atoms with van der Waals surface area (Å²) in [6, 6.07) is 0. The molecule has 14 heteroatoms. The number of carbonyl (C=O) groups is 4. The van der Waals surface area contributed by atoms with Crippen molar-refractivity contribution in [2.24, 2.45) is 22.9 Å². The average molecular weight is 535 g/mol. The SMILES string of the molecule is CO[C@@H]1O[C@H](COC(=O)C(C)(C)N)[C@H](OC(=O)C(C)(C)N)[C@H](OC(=O)C(C)(C)N)[C@H]1OC(=O)C(C)(C)N. The second-order valence-corrected chi connectivity index (χ2v) is 11.4. The van der Waals surface area contributed by atoms with Gasteiger partial charge in [-0.15, -0.1) is 0 Å². The molecule has 0 saturated carbocycles. The lowest BCUT2D eigenvalue weighted by molar-refractivity contribution is -0.305. The fourth-order valence-corrected chi connectivity index (χ4v) is 2.77. The second kappa shape index (κ2) is 11.6. The van der Waals surface area contributed by atoms with E-state index in [0.717, 1.165) is 0 Å². The monoisotopic (exact) mass is 534 g/mol. The highest BCUT2D eigenvalue weighted by Crippen LogP contribution is 2.31. The molecule has 0 spiro atoms. The van der Waals surface area contributed by atoms with Crippen LogP contribution in [0, 0.1) is 0 Å². The standard InChI is InChI=1S/C23H42N4O10/c1-20(2,24)16(28)33-10-11-12(35-17(29)21(3,4)25)13(36-18(30)22(5,6)26)14(15(32-9)34-11)37-19(31)23(7,8)27/h11-15H,10,24-27H2,1-9H3/t11-,12+,13+,14-,15-/m1/s1. The first-order valence-electron chi connectivity index (χ1n) is 11.6. The fraction of sp³-hybridized carbons (Fsp3) is 0.826. The van der Waals surface area contributed by atoms with Crippen LogP contribution in [0.1, 0.15) is 55.4 Å². The van der Waals surface area contributed by atoms with Gasteiger partial charge in [0.2, 0.25) is 0 Å². The molecule has 214 valence electrons. The van der Waals surface area contributed by atoms with Gasteiger partial charge in [0.1, 0.15) is 34.9 Å². The van der Waals surface area contributed by atoms with E-state index in [2.05, 4.69) is 0 Å². The number of rotatable bonds is 10. The molecule has 0 amide bonds. The number of hydrogen-bond acceptors (Lipinski definition) is 14. The molecular formula is C23H42N4O10. The Morgan fingerprint density at radius 2 is 0.973 bits per heavy atom. The van der Waals surface area contributed by atoms with E-state index in [9.17, 15) is 19.2 Å². The smallest absolute Gasteiger partial charge is 0.326 e. The topological polar surface area (TPSA) is 228 Å². The Kier molecular flexibility index (Phi) is 10.2. The zero-order chi connectivity index (χ0) is 29.1. The van der Waals surface area contributed by atoms with Gasteiger partial charge in [-0.2, -0.15) is 0 Å². The molecule has 0 aromatic rings. The van der Waals surface area contributed by atoms with Crippen LogP contribution in [0.4, 0.5) is 0 Å². The maximum atomic E-state index is 12.8. The van der Waals surface area contributed by atoms with Gasteiger partial charge in [0.15, 0.2) is 24.6 Å². The summed E-state index contributed by atoms with van der Waals surface area (Å²) in [5, 5.41) is 0. The van der Waals surface area contributed by atoms with Crippen LogP contribution >= 0.6 is 0 Å². The van der Waals surface area contributed by atoms with E-state index in [1.54, 1.807) is 0 Å². The zero-order valence-corrected chi connectivity index (χ0v) is 23.0. The number of methoxy groups -OCH3 is 1. The fourth-order valence-electron chi connectivity index (χ4n) is 2.77. The molecule has 1 fully saturated rings. The highest BCUT2D eigenvalue weighted by Gasteiger charge is 2.55. The molecule has 0 aliphatic carbocycles. The molecule has 14 nitrogen and oxygen atoms in total. The largest absolute Gasteiger partial charge is 0.461 e. The molecule has 0 aromatic carbocycles. The lowest BCUT2D eigenvalue weighted by atomic mass is 9.96. The minimum Gasteiger partial charge on any atom is -0.461 e. The molecule has 5 atom stereocenters. The van der Waals surface area contributed by atoms with Crippen LogP contribution in [0.2, 0.25) is 0 Å². The Hall–Kier alpha value is -2.36. The summed E-state index contributed by atoms with van der Waals surface area (Å²) in [4.78, 5) is 50.6. The molecule has 1 saturated heterocycles. The summed E-state index contributed by atoms with van der Waals surface area (Å²) in [5.41, 5.74) is 17.7. The van der Waals surface area contributed by atoms with Crippen LogP contribution in [0.3, 0.4) is 0 Å². The van der Waals surface area contributed by atoms with E-state index in [0.29, 0.717) is 0 Å². The van der Waals surface area contributed by atoms with E-state index >= 15 is 0 Å². The van der Waals surface area contributed by atoms with Gasteiger partial charge in [0, 0.05) is 7.11 Å². The van der Waals surface area contributed by atoms with Crippen molar-refractivity contribution in [3.8, 4) is 0 Å². The van der Waals surface area contributed by atoms with Crippen molar-refractivity contribution in [1.29, 1.82) is 0 Å². The second-order valence-electron chi connectivity index (χ2n) is 11.4. The summed E-state index contributed by atoms with van der Waals surface area (Å²) in [6.45, 7) is 10.7. The van der Waals surface area contributed by atoms with Gasteiger partial charge in [-0.25, -0.2) is 0 Å². The van der Waals surface area contributed by atoms with Crippen molar-refractivity contribution in [1.82, 2.24) is 0 Å². The van der Waals surface area contributed by atoms with Gasteiger partial charge in [-0.1, -0.05) is 0 Å². The first-order chi connectivity index (χ1) is 16.5. The summed E-state index contributed by atoms with van der Waals surface area (Å²) in [6.07, 6.45) is -7.10. The van der Waals surface area contributed by atoms with Gasteiger partial charge in [-0.05, 0) is 55.4 Å². The van der Waals surface area contributed by atoms with Crippen LogP contribution in [0.5, 0.6) is 0 Å². The molecule has 1 heterocycles. The van der Waals surface area contributed by atoms with Crippen molar-refractivity contribution < 1.29 is 47.6 Å². The maximum Gasteiger partial charge on any atom is 0.326 e. The van der Waals surface area contributed by atoms with Crippen molar-refractivity contribution >= 4 is 23.9 Å². The molecular weight excluding hydrogens is 492 g/mol. The van der Waals surface area contributed by atoms with Gasteiger partial charge >= 0.3 is 23.9 Å². The third-order valence-corrected chi connectivity index (χ3v) is 5.04. The zero-order valence-electron chi connectivity index (χ0n) is 23.0. The first-order valence-corrected chi connectivity index (χ1v) is 11.6. The molecule has 1 aliphatic rings. The van der Waals surface area contributed by atoms with Gasteiger partial charge in [-0.3, -0.25) is 19.2 Å². The lowest BCUT2D eigenvalue weighted by Crippen LogP contribution is -2.65. The Bertz CT molecular complexity index is 852. The van der Waals surface area contributed by atoms with Crippen molar-refractivity contribution in [3.63, 3.8) is 0 Å². The van der Waals surface area contributed by atoms with Gasteiger partial charge in [0.05, 0.1) is 0 Å². The van der Waals surface area contributed by atoms with E-state index < -0.39 is 83.3 Å². The summed E-state index contributed by atoms with van der Waals surface area (Å²) in [5.74, 6) is -3.52. The highest BCUT2D eigenvalue weighted by atomic mass is 16.7. The molecule has 0 unspecified atom stereocenters. The molecule has 0 bridgehead atoms. The number of hydrogen-bond donors (Lipinski definition) is 4. The summed E-state index contributed by atoms with van der Waals surface area (Å²) in [7, 11) is 1.24. The number of ether oxygens (including phenoxy) is 6. The van der Waals surface area contributed by atoms with Crippen LogP contribution in [-0.4, -0.2) is 90.5 Å². The molecule has 0 radical (unpaired) electrons. The minimum absolute atomic E-state index is 0.495. The molecule has 1 rings (SSSR count).